The van der Waals surface area contributed by atoms with E-state index in [2.05, 4.69) is 18.0 Å². The number of aromatic nitrogens is 1. The molecule has 37 heavy (non-hydrogen) atoms. The highest BCUT2D eigenvalue weighted by Gasteiger charge is 2.47. The fourth-order valence-electron chi connectivity index (χ4n) is 7.36. The zero-order valence-corrected chi connectivity index (χ0v) is 23.1. The Bertz CT molecular complexity index is 768. The van der Waals surface area contributed by atoms with E-state index in [1.165, 1.54) is 25.7 Å². The zero-order valence-electron chi connectivity index (χ0n) is 23.1. The largest absolute Gasteiger partial charge is 0.481 e. The van der Waals surface area contributed by atoms with E-state index in [0.29, 0.717) is 12.8 Å². The summed E-state index contributed by atoms with van der Waals surface area (Å²) in [6, 6.07) is 4.10. The van der Waals surface area contributed by atoms with Crippen LogP contribution in [-0.2, 0) is 4.79 Å². The average Bonchev–Trinajstić information content (AvgIpc) is 3.53. The number of aromatic amines is 1. The third-order valence-corrected chi connectivity index (χ3v) is 9.50. The van der Waals surface area contributed by atoms with Gasteiger partial charge < -0.3 is 25.4 Å². The molecule has 0 unspecified atom stereocenters. The van der Waals surface area contributed by atoms with Crippen molar-refractivity contribution in [3.05, 3.63) is 24.0 Å². The first-order valence-corrected chi connectivity index (χ1v) is 15.3. The number of hydrogen-bond donors (Lipinski definition) is 5. The van der Waals surface area contributed by atoms with Crippen molar-refractivity contribution in [2.24, 2.45) is 17.8 Å². The molecule has 1 aromatic rings. The molecule has 0 aliphatic heterocycles. The van der Waals surface area contributed by atoms with Gasteiger partial charge in [0.25, 0.3) is 0 Å². The highest BCUT2D eigenvalue weighted by Crippen LogP contribution is 2.50. The van der Waals surface area contributed by atoms with E-state index in [4.69, 9.17) is 0 Å². The molecule has 0 amide bonds. The molecule has 6 heteroatoms. The third kappa shape index (κ3) is 8.83. The van der Waals surface area contributed by atoms with Crippen LogP contribution in [0.4, 0.5) is 0 Å². The lowest BCUT2D eigenvalue weighted by Gasteiger charge is -2.39. The van der Waals surface area contributed by atoms with E-state index in [0.717, 1.165) is 82.7 Å². The zero-order chi connectivity index (χ0) is 26.7. The van der Waals surface area contributed by atoms with Gasteiger partial charge in [-0.25, -0.2) is 0 Å². The first-order valence-electron chi connectivity index (χ1n) is 15.3. The van der Waals surface area contributed by atoms with Crippen molar-refractivity contribution in [2.45, 2.75) is 146 Å². The SMILES string of the molecule is CCCCCCC[C@H](O)CCCCC[C@@H]1CC[C@@H](c2ccc[nH]2)[C@@H]2CCC[C@@]2(O)CC[C@H](O)[C@H]1C(=O)O. The first kappa shape index (κ1) is 30.2. The minimum Gasteiger partial charge on any atom is -0.481 e. The van der Waals surface area contributed by atoms with E-state index in [1.807, 2.05) is 12.3 Å². The molecule has 5 N–H and O–H groups in total. The Kier molecular flexibility index (Phi) is 12.5. The second-order valence-corrected chi connectivity index (χ2v) is 12.1. The third-order valence-electron chi connectivity index (χ3n) is 9.50. The molecule has 0 bridgehead atoms. The molecule has 2 aliphatic rings. The molecule has 3 rings (SSSR count). The number of hydrogen-bond acceptors (Lipinski definition) is 4. The average molecular weight is 520 g/mol. The summed E-state index contributed by atoms with van der Waals surface area (Å²) >= 11 is 0. The lowest BCUT2D eigenvalue weighted by Crippen LogP contribution is -2.42. The summed E-state index contributed by atoms with van der Waals surface area (Å²) in [5.41, 5.74) is 0.310. The second kappa shape index (κ2) is 15.3. The summed E-state index contributed by atoms with van der Waals surface area (Å²) in [5.74, 6) is -1.46. The molecule has 0 aromatic carbocycles. The molecule has 2 saturated carbocycles. The second-order valence-electron chi connectivity index (χ2n) is 12.1. The standard InChI is InChI=1S/C31H53NO5/c1-2-3-4-5-8-13-24(33)14-9-6-7-12-23-17-18-25(27-16-11-22-32-27)26-15-10-20-31(26,37)21-19-28(34)29(23)30(35)36/h11,16,22-26,28-29,32-34,37H,2-10,12-15,17-21H2,1H3,(H,35,36)/t23-,24+,25-,26+,28+,29+,31-/m1/s1. The molecule has 0 saturated heterocycles. The van der Waals surface area contributed by atoms with Crippen molar-refractivity contribution in [1.82, 2.24) is 4.98 Å². The molecule has 0 spiro atoms. The molecule has 0 radical (unpaired) electrons. The van der Waals surface area contributed by atoms with Gasteiger partial charge in [0, 0.05) is 17.8 Å². The first-order chi connectivity index (χ1) is 17.9. The minimum absolute atomic E-state index is 0.0824. The van der Waals surface area contributed by atoms with Crippen LogP contribution in [0, 0.1) is 17.8 Å². The van der Waals surface area contributed by atoms with Crippen LogP contribution in [0.5, 0.6) is 0 Å². The van der Waals surface area contributed by atoms with Gasteiger partial charge in [-0.3, -0.25) is 4.79 Å². The summed E-state index contributed by atoms with van der Waals surface area (Å²) in [5, 5.41) is 43.0. The van der Waals surface area contributed by atoms with Gasteiger partial charge >= 0.3 is 5.97 Å². The van der Waals surface area contributed by atoms with Crippen molar-refractivity contribution >= 4 is 5.97 Å². The van der Waals surface area contributed by atoms with Crippen LogP contribution in [-0.4, -0.2) is 49.2 Å². The smallest absolute Gasteiger partial charge is 0.309 e. The number of fused-ring (bicyclic) bond motifs is 1. The Morgan fingerprint density at radius 1 is 1.03 bits per heavy atom. The van der Waals surface area contributed by atoms with Crippen molar-refractivity contribution in [2.75, 3.05) is 0 Å². The Morgan fingerprint density at radius 2 is 1.76 bits per heavy atom. The predicted octanol–water partition coefficient (Wildman–Crippen LogP) is 6.55. The molecular weight excluding hydrogens is 466 g/mol. The van der Waals surface area contributed by atoms with Gasteiger partial charge in [-0.05, 0) is 81.8 Å². The number of aliphatic carboxylic acids is 1. The van der Waals surface area contributed by atoms with Crippen LogP contribution in [0.1, 0.15) is 134 Å². The monoisotopic (exact) mass is 519 g/mol. The fraction of sp³-hybridized carbons (Fsp3) is 0.839. The molecular formula is C31H53NO5. The van der Waals surface area contributed by atoms with Crippen LogP contribution in [0.3, 0.4) is 0 Å². The lowest BCUT2D eigenvalue weighted by atomic mass is 9.69. The van der Waals surface area contributed by atoms with Gasteiger partial charge in [0.2, 0.25) is 0 Å². The summed E-state index contributed by atoms with van der Waals surface area (Å²) in [7, 11) is 0. The van der Waals surface area contributed by atoms with E-state index in [9.17, 15) is 25.2 Å². The Hall–Kier alpha value is -1.37. The van der Waals surface area contributed by atoms with Crippen LogP contribution in [0.25, 0.3) is 0 Å². The van der Waals surface area contributed by atoms with Crippen LogP contribution in [0.15, 0.2) is 18.3 Å². The molecule has 212 valence electrons. The maximum absolute atomic E-state index is 12.3. The molecule has 1 aromatic heterocycles. The molecule has 2 aliphatic carbocycles. The summed E-state index contributed by atoms with van der Waals surface area (Å²) in [4.78, 5) is 15.7. The number of carbonyl (C=O) groups is 1. The van der Waals surface area contributed by atoms with Gasteiger partial charge in [0.1, 0.15) is 0 Å². The quantitative estimate of drug-likeness (QED) is 0.179. The molecule has 2 fully saturated rings. The number of unbranched alkanes of at least 4 members (excludes halogenated alkanes) is 6. The van der Waals surface area contributed by atoms with Crippen LogP contribution >= 0.6 is 0 Å². The lowest BCUT2D eigenvalue weighted by molar-refractivity contribution is -0.150. The van der Waals surface area contributed by atoms with Gasteiger partial charge in [0.15, 0.2) is 0 Å². The van der Waals surface area contributed by atoms with Crippen LogP contribution < -0.4 is 0 Å². The van der Waals surface area contributed by atoms with Crippen molar-refractivity contribution in [1.29, 1.82) is 0 Å². The van der Waals surface area contributed by atoms with Gasteiger partial charge in [-0.1, -0.05) is 64.7 Å². The maximum atomic E-state index is 12.3. The van der Waals surface area contributed by atoms with Crippen molar-refractivity contribution in [3.8, 4) is 0 Å². The fourth-order valence-corrected chi connectivity index (χ4v) is 7.36. The van der Waals surface area contributed by atoms with Crippen molar-refractivity contribution in [3.63, 3.8) is 0 Å². The molecule has 7 atom stereocenters. The predicted molar refractivity (Wildman–Crippen MR) is 147 cm³/mol. The molecule has 6 nitrogen and oxygen atoms in total. The Balaban J connectivity index is 1.57. The number of carboxylic acid groups (broad SMARTS) is 1. The Labute approximate surface area is 224 Å². The van der Waals surface area contributed by atoms with Crippen molar-refractivity contribution < 1.29 is 25.2 Å². The molecule has 1 heterocycles. The van der Waals surface area contributed by atoms with E-state index in [-0.39, 0.29) is 23.9 Å². The van der Waals surface area contributed by atoms with Gasteiger partial charge in [-0.2, -0.15) is 0 Å². The Morgan fingerprint density at radius 3 is 2.43 bits per heavy atom. The normalized spacial score (nSPS) is 31.6. The van der Waals surface area contributed by atoms with E-state index >= 15 is 0 Å². The number of aliphatic hydroxyl groups is 3. The maximum Gasteiger partial charge on any atom is 0.309 e. The highest BCUT2D eigenvalue weighted by atomic mass is 16.4. The number of H-pyrrole nitrogens is 1. The topological polar surface area (TPSA) is 114 Å². The van der Waals surface area contributed by atoms with Gasteiger partial charge in [-0.15, -0.1) is 0 Å². The summed E-state index contributed by atoms with van der Waals surface area (Å²) in [6.07, 6.45) is 17.2. The van der Waals surface area contributed by atoms with Crippen LogP contribution in [0.2, 0.25) is 0 Å². The minimum atomic E-state index is -0.927. The van der Waals surface area contributed by atoms with E-state index in [1.54, 1.807) is 0 Å². The number of rotatable bonds is 14. The summed E-state index contributed by atoms with van der Waals surface area (Å²) < 4.78 is 0. The van der Waals surface area contributed by atoms with E-state index < -0.39 is 23.6 Å². The number of aliphatic hydroxyl groups excluding tert-OH is 2. The number of nitrogens with one attached hydrogen (secondary N) is 1. The van der Waals surface area contributed by atoms with Gasteiger partial charge in [0.05, 0.1) is 23.7 Å². The highest BCUT2D eigenvalue weighted by molar-refractivity contribution is 5.71. The summed E-state index contributed by atoms with van der Waals surface area (Å²) in [6.45, 7) is 2.21. The number of carboxylic acids is 1.